The van der Waals surface area contributed by atoms with Crippen molar-refractivity contribution in [3.8, 4) is 0 Å². The second kappa shape index (κ2) is 6.53. The summed E-state index contributed by atoms with van der Waals surface area (Å²) in [6.07, 6.45) is 1.84. The Kier molecular flexibility index (Phi) is 3.92. The zero-order chi connectivity index (χ0) is 17.1. The van der Waals surface area contributed by atoms with Crippen molar-refractivity contribution in [3.63, 3.8) is 0 Å². The number of hydrogen-bond acceptors (Lipinski definition) is 3. The van der Waals surface area contributed by atoms with Crippen LogP contribution in [0.5, 0.6) is 0 Å². The van der Waals surface area contributed by atoms with Crippen LogP contribution in [0.1, 0.15) is 15.9 Å². The highest BCUT2D eigenvalue weighted by molar-refractivity contribution is 6.28. The second-order valence-corrected chi connectivity index (χ2v) is 5.63. The maximum Gasteiger partial charge on any atom is 0.211 e. The zero-order valence-electron chi connectivity index (χ0n) is 13.4. The third kappa shape index (κ3) is 2.97. The summed E-state index contributed by atoms with van der Waals surface area (Å²) in [5, 5.41) is 8.39. The molecule has 0 saturated carbocycles. The number of carbonyl (C=O) groups excluding carboxylic acids is 1. The molecule has 0 radical (unpaired) electrons. The first-order chi connectivity index (χ1) is 12.3. The van der Waals surface area contributed by atoms with E-state index in [4.69, 9.17) is 0 Å². The van der Waals surface area contributed by atoms with Gasteiger partial charge in [0, 0.05) is 5.56 Å². The molecular weight excluding hydrogens is 310 g/mol. The molecule has 4 nitrogen and oxygen atoms in total. The largest absolute Gasteiger partial charge is 0.287 e. The Labute approximate surface area is 145 Å². The fourth-order valence-electron chi connectivity index (χ4n) is 2.71. The molecular formula is C21H15N3O. The van der Waals surface area contributed by atoms with Gasteiger partial charge in [0.25, 0.3) is 0 Å². The van der Waals surface area contributed by atoms with Gasteiger partial charge in [0.15, 0.2) is 0 Å². The summed E-state index contributed by atoms with van der Waals surface area (Å²) >= 11 is 0. The van der Waals surface area contributed by atoms with Gasteiger partial charge in [-0.25, -0.2) is 4.68 Å². The minimum absolute atomic E-state index is 0.0971. The first kappa shape index (κ1) is 15.0. The summed E-state index contributed by atoms with van der Waals surface area (Å²) in [5.41, 5.74) is 3.56. The van der Waals surface area contributed by atoms with E-state index in [1.807, 2.05) is 78.9 Å². The van der Waals surface area contributed by atoms with Crippen molar-refractivity contribution < 1.29 is 4.79 Å². The van der Waals surface area contributed by atoms with Gasteiger partial charge in [-0.1, -0.05) is 78.0 Å². The van der Waals surface area contributed by atoms with Crippen LogP contribution >= 0.6 is 0 Å². The minimum atomic E-state index is -0.0971. The molecule has 0 saturated heterocycles. The minimum Gasteiger partial charge on any atom is -0.287 e. The molecule has 4 heteroatoms. The van der Waals surface area contributed by atoms with Crippen molar-refractivity contribution in [3.05, 3.63) is 96.1 Å². The molecule has 4 rings (SSSR count). The molecule has 0 fully saturated rings. The Morgan fingerprint density at radius 3 is 2.20 bits per heavy atom. The first-order valence-electron chi connectivity index (χ1n) is 8.00. The molecule has 0 unspecified atom stereocenters. The molecule has 25 heavy (non-hydrogen) atoms. The van der Waals surface area contributed by atoms with Crippen molar-refractivity contribution in [1.82, 2.24) is 15.0 Å². The molecule has 0 aliphatic rings. The normalized spacial score (nSPS) is 11.6. The third-order valence-corrected chi connectivity index (χ3v) is 3.95. The fourth-order valence-corrected chi connectivity index (χ4v) is 2.71. The highest BCUT2D eigenvalue weighted by atomic mass is 16.1. The SMILES string of the molecule is O=C(/C(=C/c1ccccc1)n1nnc2ccccc21)c1ccccc1. The molecule has 0 bridgehead atoms. The number of rotatable bonds is 4. The maximum absolute atomic E-state index is 13.1. The fraction of sp³-hybridized carbons (Fsp3) is 0. The van der Waals surface area contributed by atoms with Gasteiger partial charge in [-0.3, -0.25) is 4.79 Å². The van der Waals surface area contributed by atoms with Crippen molar-refractivity contribution in [2.45, 2.75) is 0 Å². The van der Waals surface area contributed by atoms with Gasteiger partial charge in [0.2, 0.25) is 5.78 Å². The molecule has 1 heterocycles. The van der Waals surface area contributed by atoms with E-state index in [1.165, 1.54) is 0 Å². The monoisotopic (exact) mass is 325 g/mol. The van der Waals surface area contributed by atoms with E-state index in [2.05, 4.69) is 10.3 Å². The van der Waals surface area contributed by atoms with Crippen molar-refractivity contribution in [2.75, 3.05) is 0 Å². The van der Waals surface area contributed by atoms with Crippen LogP contribution in [-0.4, -0.2) is 20.8 Å². The molecule has 0 aliphatic carbocycles. The number of allylic oxidation sites excluding steroid dienone is 1. The zero-order valence-corrected chi connectivity index (χ0v) is 13.4. The lowest BCUT2D eigenvalue weighted by Crippen LogP contribution is -2.11. The summed E-state index contributed by atoms with van der Waals surface area (Å²) < 4.78 is 1.61. The van der Waals surface area contributed by atoms with Gasteiger partial charge in [0.1, 0.15) is 11.2 Å². The Morgan fingerprint density at radius 1 is 0.800 bits per heavy atom. The lowest BCUT2D eigenvalue weighted by Gasteiger charge is -2.08. The van der Waals surface area contributed by atoms with E-state index in [0.29, 0.717) is 11.3 Å². The van der Waals surface area contributed by atoms with Crippen molar-refractivity contribution >= 4 is 28.6 Å². The van der Waals surface area contributed by atoms with Crippen LogP contribution in [0.3, 0.4) is 0 Å². The number of ketones is 1. The number of aromatic nitrogens is 3. The number of hydrogen-bond donors (Lipinski definition) is 0. The van der Waals surface area contributed by atoms with Crippen LogP contribution in [0.4, 0.5) is 0 Å². The average Bonchev–Trinajstić information content (AvgIpc) is 3.11. The Balaban J connectivity index is 1.90. The van der Waals surface area contributed by atoms with E-state index >= 15 is 0 Å². The van der Waals surface area contributed by atoms with Crippen LogP contribution in [-0.2, 0) is 0 Å². The van der Waals surface area contributed by atoms with Gasteiger partial charge in [-0.2, -0.15) is 0 Å². The summed E-state index contributed by atoms with van der Waals surface area (Å²) in [6, 6.07) is 26.6. The van der Waals surface area contributed by atoms with E-state index in [0.717, 1.165) is 16.6 Å². The summed E-state index contributed by atoms with van der Waals surface area (Å²) in [4.78, 5) is 13.1. The maximum atomic E-state index is 13.1. The molecule has 0 spiro atoms. The van der Waals surface area contributed by atoms with Gasteiger partial charge < -0.3 is 0 Å². The number of benzene rings is 3. The first-order valence-corrected chi connectivity index (χ1v) is 8.00. The third-order valence-electron chi connectivity index (χ3n) is 3.95. The van der Waals surface area contributed by atoms with Gasteiger partial charge in [-0.15, -0.1) is 5.10 Å². The molecule has 120 valence electrons. The quantitative estimate of drug-likeness (QED) is 0.415. The molecule has 0 amide bonds. The van der Waals surface area contributed by atoms with Crippen LogP contribution in [0.2, 0.25) is 0 Å². The number of carbonyl (C=O) groups is 1. The Hall–Kier alpha value is -3.53. The number of para-hydroxylation sites is 1. The van der Waals surface area contributed by atoms with Crippen LogP contribution in [0, 0.1) is 0 Å². The lowest BCUT2D eigenvalue weighted by molar-refractivity contribution is 0.105. The predicted octanol–water partition coefficient (Wildman–Crippen LogP) is 4.31. The molecule has 3 aromatic carbocycles. The Bertz CT molecular complexity index is 1050. The summed E-state index contributed by atoms with van der Waals surface area (Å²) in [7, 11) is 0. The summed E-state index contributed by atoms with van der Waals surface area (Å²) in [6.45, 7) is 0. The lowest BCUT2D eigenvalue weighted by atomic mass is 10.1. The highest BCUT2D eigenvalue weighted by Crippen LogP contribution is 2.21. The molecule has 0 atom stereocenters. The van der Waals surface area contributed by atoms with E-state index in [-0.39, 0.29) is 5.78 Å². The highest BCUT2D eigenvalue weighted by Gasteiger charge is 2.18. The van der Waals surface area contributed by atoms with E-state index in [1.54, 1.807) is 16.8 Å². The predicted molar refractivity (Wildman–Crippen MR) is 98.9 cm³/mol. The van der Waals surface area contributed by atoms with E-state index in [9.17, 15) is 4.79 Å². The standard InChI is InChI=1S/C21H15N3O/c25-21(17-11-5-2-6-12-17)20(15-16-9-3-1-4-10-16)24-19-14-8-7-13-18(19)22-23-24/h1-15H/b20-15-. The Morgan fingerprint density at radius 2 is 1.44 bits per heavy atom. The molecule has 0 N–H and O–H groups in total. The second-order valence-electron chi connectivity index (χ2n) is 5.63. The van der Waals surface area contributed by atoms with Crippen LogP contribution in [0.25, 0.3) is 22.8 Å². The van der Waals surface area contributed by atoms with Crippen molar-refractivity contribution in [1.29, 1.82) is 0 Å². The van der Waals surface area contributed by atoms with Crippen LogP contribution < -0.4 is 0 Å². The van der Waals surface area contributed by atoms with Crippen molar-refractivity contribution in [2.24, 2.45) is 0 Å². The van der Waals surface area contributed by atoms with Gasteiger partial charge in [0.05, 0.1) is 5.52 Å². The van der Waals surface area contributed by atoms with Gasteiger partial charge in [-0.05, 0) is 23.8 Å². The van der Waals surface area contributed by atoms with Crippen LogP contribution in [0.15, 0.2) is 84.9 Å². The number of Topliss-reactive ketones (excluding diaryl/α,β-unsaturated/α-hetero) is 1. The molecule has 1 aromatic heterocycles. The average molecular weight is 325 g/mol. The number of nitrogens with zero attached hydrogens (tertiary/aromatic N) is 3. The molecule has 4 aromatic rings. The number of fused-ring (bicyclic) bond motifs is 1. The summed E-state index contributed by atoms with van der Waals surface area (Å²) in [5.74, 6) is -0.0971. The topological polar surface area (TPSA) is 47.8 Å². The van der Waals surface area contributed by atoms with Gasteiger partial charge >= 0.3 is 0 Å². The smallest absolute Gasteiger partial charge is 0.211 e. The van der Waals surface area contributed by atoms with E-state index < -0.39 is 0 Å². The molecule has 0 aliphatic heterocycles.